The minimum atomic E-state index is 0.311. The van der Waals surface area contributed by atoms with Crippen molar-refractivity contribution in [3.8, 4) is 22.6 Å². The van der Waals surface area contributed by atoms with Crippen molar-refractivity contribution in [2.24, 2.45) is 0 Å². The van der Waals surface area contributed by atoms with E-state index >= 15 is 0 Å². The molecule has 5 rings (SSSR count). The number of aromatic nitrogens is 4. The van der Waals surface area contributed by atoms with E-state index in [-0.39, 0.29) is 0 Å². The van der Waals surface area contributed by atoms with Crippen LogP contribution in [0.5, 0.6) is 0 Å². The Labute approximate surface area is 189 Å². The van der Waals surface area contributed by atoms with Gasteiger partial charge < -0.3 is 10.3 Å². The third-order valence-electron chi connectivity index (χ3n) is 6.52. The standard InChI is InChI=1S/C26H30N6/c1-18-6-4-7-23(31-18)25-24(29-17-30-25)19-8-9-22-20(14-19)15-21(16-28-22)27-11-13-32-12-5-10-26(32,2)3/h4,6-9,14-17,27H,5,10-13H2,1-3H3,(H,29,30). The van der Waals surface area contributed by atoms with Crippen LogP contribution in [0.4, 0.5) is 5.69 Å². The van der Waals surface area contributed by atoms with Gasteiger partial charge in [-0.05, 0) is 70.5 Å². The maximum Gasteiger partial charge on any atom is 0.0977 e. The molecule has 4 aromatic rings. The van der Waals surface area contributed by atoms with Crippen molar-refractivity contribution >= 4 is 16.6 Å². The highest BCUT2D eigenvalue weighted by molar-refractivity contribution is 5.88. The summed E-state index contributed by atoms with van der Waals surface area (Å²) in [5, 5.41) is 4.66. The molecule has 0 spiro atoms. The predicted molar refractivity (Wildman–Crippen MR) is 131 cm³/mol. The lowest BCUT2D eigenvalue weighted by atomic mass is 10.0. The number of benzene rings is 1. The van der Waals surface area contributed by atoms with Crippen molar-refractivity contribution in [1.82, 2.24) is 24.8 Å². The Morgan fingerprint density at radius 2 is 2.03 bits per heavy atom. The second kappa shape index (κ2) is 8.36. The number of anilines is 1. The van der Waals surface area contributed by atoms with Crippen LogP contribution in [-0.4, -0.2) is 50.0 Å². The number of rotatable bonds is 6. The Hall–Kier alpha value is -3.25. The van der Waals surface area contributed by atoms with E-state index in [2.05, 4.69) is 68.3 Å². The van der Waals surface area contributed by atoms with Crippen molar-refractivity contribution < 1.29 is 0 Å². The lowest BCUT2D eigenvalue weighted by Crippen LogP contribution is -2.40. The number of nitrogens with one attached hydrogen (secondary N) is 2. The summed E-state index contributed by atoms with van der Waals surface area (Å²) in [6.07, 6.45) is 6.23. The third kappa shape index (κ3) is 4.10. The largest absolute Gasteiger partial charge is 0.382 e. The van der Waals surface area contributed by atoms with E-state index in [4.69, 9.17) is 0 Å². The minimum absolute atomic E-state index is 0.311. The molecule has 0 saturated carbocycles. The summed E-state index contributed by atoms with van der Waals surface area (Å²) in [6.45, 7) is 9.84. The SMILES string of the molecule is Cc1cccc(-c2[nH]cnc2-c2ccc3ncc(NCCN4CCCC4(C)C)cc3c2)n1. The van der Waals surface area contributed by atoms with Crippen LogP contribution >= 0.6 is 0 Å². The van der Waals surface area contributed by atoms with Crippen molar-refractivity contribution in [1.29, 1.82) is 0 Å². The van der Waals surface area contributed by atoms with Crippen LogP contribution in [0.2, 0.25) is 0 Å². The number of aromatic amines is 1. The summed E-state index contributed by atoms with van der Waals surface area (Å²) in [7, 11) is 0. The zero-order chi connectivity index (χ0) is 22.1. The summed E-state index contributed by atoms with van der Waals surface area (Å²) in [5.41, 5.74) is 7.11. The number of hydrogen-bond acceptors (Lipinski definition) is 5. The van der Waals surface area contributed by atoms with Crippen LogP contribution in [0.25, 0.3) is 33.5 Å². The molecule has 1 aliphatic heterocycles. The highest BCUT2D eigenvalue weighted by Crippen LogP contribution is 2.31. The topological polar surface area (TPSA) is 69.7 Å². The Morgan fingerprint density at radius 1 is 1.12 bits per heavy atom. The van der Waals surface area contributed by atoms with E-state index in [1.165, 1.54) is 19.4 Å². The van der Waals surface area contributed by atoms with Gasteiger partial charge in [0.1, 0.15) is 0 Å². The average Bonchev–Trinajstić information content (AvgIpc) is 3.40. The molecule has 0 unspecified atom stereocenters. The number of likely N-dealkylation sites (tertiary alicyclic amines) is 1. The number of imidazole rings is 1. The van der Waals surface area contributed by atoms with Crippen LogP contribution in [0.3, 0.4) is 0 Å². The Bertz CT molecular complexity index is 1240. The summed E-state index contributed by atoms with van der Waals surface area (Å²) < 4.78 is 0. The molecule has 1 aromatic carbocycles. The average molecular weight is 427 g/mol. The molecule has 1 aliphatic rings. The minimum Gasteiger partial charge on any atom is -0.382 e. The van der Waals surface area contributed by atoms with E-state index in [1.54, 1.807) is 6.33 Å². The first kappa shape index (κ1) is 20.6. The number of hydrogen-bond donors (Lipinski definition) is 2. The number of H-pyrrole nitrogens is 1. The molecule has 0 radical (unpaired) electrons. The van der Waals surface area contributed by atoms with Crippen LogP contribution in [0.1, 0.15) is 32.4 Å². The van der Waals surface area contributed by atoms with E-state index < -0.39 is 0 Å². The molecular formula is C26H30N6. The van der Waals surface area contributed by atoms with E-state index in [9.17, 15) is 0 Å². The molecule has 1 fully saturated rings. The maximum atomic E-state index is 4.66. The van der Waals surface area contributed by atoms with Crippen LogP contribution in [-0.2, 0) is 0 Å². The van der Waals surface area contributed by atoms with Gasteiger partial charge in [-0.3, -0.25) is 14.9 Å². The quantitative estimate of drug-likeness (QED) is 0.439. The van der Waals surface area contributed by atoms with Crippen molar-refractivity contribution in [3.63, 3.8) is 0 Å². The number of fused-ring (bicyclic) bond motifs is 1. The smallest absolute Gasteiger partial charge is 0.0977 e. The van der Waals surface area contributed by atoms with Crippen molar-refractivity contribution in [2.45, 2.75) is 39.2 Å². The molecule has 6 heteroatoms. The maximum absolute atomic E-state index is 4.66. The van der Waals surface area contributed by atoms with Crippen molar-refractivity contribution in [3.05, 3.63) is 60.7 Å². The van der Waals surface area contributed by atoms with Gasteiger partial charge in [0.2, 0.25) is 0 Å². The number of nitrogens with zero attached hydrogens (tertiary/aromatic N) is 4. The fraction of sp³-hybridized carbons (Fsp3) is 0.346. The molecule has 3 aromatic heterocycles. The Kier molecular flexibility index (Phi) is 5.39. The van der Waals surface area contributed by atoms with Gasteiger partial charge in [-0.1, -0.05) is 12.1 Å². The zero-order valence-electron chi connectivity index (χ0n) is 19.0. The van der Waals surface area contributed by atoms with E-state index in [1.807, 2.05) is 31.3 Å². The lowest BCUT2D eigenvalue weighted by molar-refractivity contribution is 0.182. The van der Waals surface area contributed by atoms with Gasteiger partial charge >= 0.3 is 0 Å². The first-order valence-electron chi connectivity index (χ1n) is 11.4. The van der Waals surface area contributed by atoms with Gasteiger partial charge in [0.25, 0.3) is 0 Å². The Morgan fingerprint density at radius 3 is 2.84 bits per heavy atom. The predicted octanol–water partition coefficient (Wildman–Crippen LogP) is 5.28. The second-order valence-electron chi connectivity index (χ2n) is 9.25. The number of aryl methyl sites for hydroxylation is 1. The molecule has 6 nitrogen and oxygen atoms in total. The molecule has 0 aliphatic carbocycles. The molecule has 0 bridgehead atoms. The fourth-order valence-corrected chi connectivity index (χ4v) is 4.68. The first-order chi connectivity index (χ1) is 15.5. The van der Waals surface area contributed by atoms with Crippen LogP contribution < -0.4 is 5.32 Å². The summed E-state index contributed by atoms with van der Waals surface area (Å²) in [5.74, 6) is 0. The van der Waals surface area contributed by atoms with Crippen molar-refractivity contribution in [2.75, 3.05) is 25.0 Å². The van der Waals surface area contributed by atoms with Gasteiger partial charge in [0, 0.05) is 35.3 Å². The van der Waals surface area contributed by atoms with Gasteiger partial charge in [-0.2, -0.15) is 0 Å². The van der Waals surface area contributed by atoms with Crippen LogP contribution in [0.15, 0.2) is 55.0 Å². The molecule has 0 amide bonds. The normalized spacial score (nSPS) is 16.0. The zero-order valence-corrected chi connectivity index (χ0v) is 19.0. The van der Waals surface area contributed by atoms with Crippen LogP contribution in [0, 0.1) is 6.92 Å². The molecule has 32 heavy (non-hydrogen) atoms. The van der Waals surface area contributed by atoms with Gasteiger partial charge in [-0.25, -0.2) is 4.98 Å². The molecule has 164 valence electrons. The molecule has 4 heterocycles. The van der Waals surface area contributed by atoms with Gasteiger partial charge in [0.05, 0.1) is 40.8 Å². The summed E-state index contributed by atoms with van der Waals surface area (Å²) >= 11 is 0. The number of pyridine rings is 2. The highest BCUT2D eigenvalue weighted by atomic mass is 15.2. The van der Waals surface area contributed by atoms with Gasteiger partial charge in [-0.15, -0.1) is 0 Å². The van der Waals surface area contributed by atoms with Gasteiger partial charge in [0.15, 0.2) is 0 Å². The molecular weight excluding hydrogens is 396 g/mol. The molecule has 2 N–H and O–H groups in total. The highest BCUT2D eigenvalue weighted by Gasteiger charge is 2.30. The third-order valence-corrected chi connectivity index (χ3v) is 6.52. The monoisotopic (exact) mass is 426 g/mol. The second-order valence-corrected chi connectivity index (χ2v) is 9.25. The Balaban J connectivity index is 1.37. The van der Waals surface area contributed by atoms with E-state index in [0.717, 1.165) is 58.0 Å². The fourth-order valence-electron chi connectivity index (χ4n) is 4.68. The molecule has 1 saturated heterocycles. The lowest BCUT2D eigenvalue weighted by Gasteiger charge is -2.31. The van der Waals surface area contributed by atoms with E-state index in [0.29, 0.717) is 5.54 Å². The molecule has 0 atom stereocenters. The summed E-state index contributed by atoms with van der Waals surface area (Å²) in [4.78, 5) is 19.7. The first-order valence-corrected chi connectivity index (χ1v) is 11.4. The summed E-state index contributed by atoms with van der Waals surface area (Å²) in [6, 6.07) is 14.5.